The second kappa shape index (κ2) is 12.7. The van der Waals surface area contributed by atoms with Crippen LogP contribution in [0.4, 0.5) is 0 Å². The maximum Gasteiger partial charge on any atom is 0.118 e. The minimum absolute atomic E-state index is 0.117. The molecule has 0 aromatic heterocycles. The Hall–Kier alpha value is -6.70. The summed E-state index contributed by atoms with van der Waals surface area (Å²) in [6, 6.07) is 65.8. The molecule has 2 aliphatic rings. The molecule has 2 aliphatic carbocycles. The van der Waals surface area contributed by atoms with Crippen LogP contribution in [0.25, 0.3) is 88.3 Å². The van der Waals surface area contributed by atoms with Crippen molar-refractivity contribution in [1.29, 1.82) is 0 Å². The fraction of sp³-hybridized carbons (Fsp3) is 0.123. The second-order valence-electron chi connectivity index (χ2n) is 17.4. The van der Waals surface area contributed by atoms with Crippen molar-refractivity contribution in [2.75, 3.05) is 7.11 Å². The van der Waals surface area contributed by atoms with Gasteiger partial charge in [-0.1, -0.05) is 149 Å². The van der Waals surface area contributed by atoms with Gasteiger partial charge >= 0.3 is 0 Å². The number of fused-ring (bicyclic) bond motifs is 8. The van der Waals surface area contributed by atoms with Crippen LogP contribution in [-0.4, -0.2) is 7.11 Å². The van der Waals surface area contributed by atoms with E-state index >= 15 is 0 Å². The Labute approximate surface area is 341 Å². The molecule has 0 radical (unpaired) electrons. The van der Waals surface area contributed by atoms with Crippen LogP contribution in [0, 0.1) is 0 Å². The summed E-state index contributed by atoms with van der Waals surface area (Å²) in [7, 11) is 1.71. The highest BCUT2D eigenvalue weighted by Crippen LogP contribution is 2.53. The Balaban J connectivity index is 0.889. The van der Waals surface area contributed by atoms with E-state index in [4.69, 9.17) is 4.74 Å². The molecule has 278 valence electrons. The van der Waals surface area contributed by atoms with Gasteiger partial charge in [-0.05, 0) is 165 Å². The van der Waals surface area contributed by atoms with E-state index in [1.807, 2.05) is 12.1 Å². The predicted molar refractivity (Wildman–Crippen MR) is 245 cm³/mol. The standard InChI is InChI=1S/C57H44O/c1-56(2)52-31-43(36-16-22-47(58-5)23-17-36)18-24-48(52)50-26-20-45(33-54(50)56)46-21-27-51-49-25-19-44(32-53(49)57(3,4)55(51)34-46)42-15-14-40-29-39(12-13-41(40)30-42)38-11-10-35-8-6-7-9-37(35)28-38/h6-34H,1-5H3. The van der Waals surface area contributed by atoms with Gasteiger partial charge < -0.3 is 4.74 Å². The molecule has 0 heterocycles. The minimum Gasteiger partial charge on any atom is -0.497 e. The van der Waals surface area contributed by atoms with Crippen molar-refractivity contribution in [3.05, 3.63) is 198 Å². The topological polar surface area (TPSA) is 9.23 Å². The molecule has 0 unspecified atom stereocenters. The van der Waals surface area contributed by atoms with E-state index in [2.05, 4.69) is 191 Å². The van der Waals surface area contributed by atoms with Crippen molar-refractivity contribution in [1.82, 2.24) is 0 Å². The van der Waals surface area contributed by atoms with Crippen LogP contribution in [-0.2, 0) is 10.8 Å². The van der Waals surface area contributed by atoms with Crippen molar-refractivity contribution in [2.45, 2.75) is 38.5 Å². The summed E-state index contributed by atoms with van der Waals surface area (Å²) < 4.78 is 5.41. The molecule has 0 amide bonds. The highest BCUT2D eigenvalue weighted by molar-refractivity contribution is 5.94. The molecule has 0 atom stereocenters. The molecule has 9 aromatic carbocycles. The van der Waals surface area contributed by atoms with Crippen molar-refractivity contribution in [2.24, 2.45) is 0 Å². The first-order valence-corrected chi connectivity index (χ1v) is 20.4. The summed E-state index contributed by atoms with van der Waals surface area (Å²) in [6.07, 6.45) is 0. The van der Waals surface area contributed by atoms with Crippen LogP contribution in [0.5, 0.6) is 5.75 Å². The molecule has 9 aromatic rings. The Morgan fingerprint density at radius 3 is 0.983 bits per heavy atom. The lowest BCUT2D eigenvalue weighted by Crippen LogP contribution is -2.15. The Morgan fingerprint density at radius 2 is 0.586 bits per heavy atom. The molecule has 0 aliphatic heterocycles. The van der Waals surface area contributed by atoms with Gasteiger partial charge in [0, 0.05) is 10.8 Å². The van der Waals surface area contributed by atoms with Crippen molar-refractivity contribution < 1.29 is 4.74 Å². The quantitative estimate of drug-likeness (QED) is 0.171. The van der Waals surface area contributed by atoms with E-state index in [-0.39, 0.29) is 10.8 Å². The van der Waals surface area contributed by atoms with Crippen LogP contribution >= 0.6 is 0 Å². The summed E-state index contributed by atoms with van der Waals surface area (Å²) in [5, 5.41) is 5.06. The first-order valence-electron chi connectivity index (χ1n) is 20.4. The molecule has 1 heteroatoms. The largest absolute Gasteiger partial charge is 0.497 e. The Morgan fingerprint density at radius 1 is 0.293 bits per heavy atom. The van der Waals surface area contributed by atoms with Gasteiger partial charge in [-0.2, -0.15) is 0 Å². The van der Waals surface area contributed by atoms with Crippen LogP contribution in [0.15, 0.2) is 176 Å². The van der Waals surface area contributed by atoms with E-state index in [0.29, 0.717) is 0 Å². The number of hydrogen-bond donors (Lipinski definition) is 0. The normalized spacial score (nSPS) is 14.2. The van der Waals surface area contributed by atoms with E-state index in [1.54, 1.807) is 7.11 Å². The number of methoxy groups -OCH3 is 1. The van der Waals surface area contributed by atoms with Gasteiger partial charge in [0.15, 0.2) is 0 Å². The summed E-state index contributed by atoms with van der Waals surface area (Å²) in [5.41, 5.74) is 20.6. The number of ether oxygens (including phenoxy) is 1. The molecule has 0 spiro atoms. The van der Waals surface area contributed by atoms with Gasteiger partial charge in [-0.3, -0.25) is 0 Å². The number of rotatable bonds is 5. The van der Waals surface area contributed by atoms with Crippen LogP contribution < -0.4 is 4.74 Å². The lowest BCUT2D eigenvalue weighted by molar-refractivity contribution is 0.415. The molecule has 11 rings (SSSR count). The number of benzene rings is 9. The first kappa shape index (κ1) is 34.5. The molecular formula is C57H44O. The average molecular weight is 745 g/mol. The van der Waals surface area contributed by atoms with Gasteiger partial charge in [-0.25, -0.2) is 0 Å². The van der Waals surface area contributed by atoms with E-state index < -0.39 is 0 Å². The summed E-state index contributed by atoms with van der Waals surface area (Å²) in [4.78, 5) is 0. The molecule has 0 saturated heterocycles. The predicted octanol–water partition coefficient (Wildman–Crippen LogP) is 15.3. The van der Waals surface area contributed by atoms with E-state index in [0.717, 1.165) is 5.75 Å². The van der Waals surface area contributed by atoms with Crippen LogP contribution in [0.2, 0.25) is 0 Å². The molecule has 0 fully saturated rings. The van der Waals surface area contributed by atoms with Crippen molar-refractivity contribution in [3.8, 4) is 72.5 Å². The average Bonchev–Trinajstić information content (AvgIpc) is 3.63. The first-order chi connectivity index (χ1) is 28.2. The third-order valence-electron chi connectivity index (χ3n) is 13.4. The zero-order valence-electron chi connectivity index (χ0n) is 33.7. The molecule has 58 heavy (non-hydrogen) atoms. The monoisotopic (exact) mass is 744 g/mol. The highest BCUT2D eigenvalue weighted by atomic mass is 16.5. The third-order valence-corrected chi connectivity index (χ3v) is 13.4. The lowest BCUT2D eigenvalue weighted by atomic mass is 9.79. The minimum atomic E-state index is -0.133. The number of hydrogen-bond acceptors (Lipinski definition) is 1. The highest BCUT2D eigenvalue weighted by Gasteiger charge is 2.38. The van der Waals surface area contributed by atoms with Gasteiger partial charge in [-0.15, -0.1) is 0 Å². The molecule has 0 bridgehead atoms. The van der Waals surface area contributed by atoms with E-state index in [1.165, 1.54) is 111 Å². The molecule has 1 nitrogen and oxygen atoms in total. The van der Waals surface area contributed by atoms with E-state index in [9.17, 15) is 0 Å². The maximum atomic E-state index is 5.41. The van der Waals surface area contributed by atoms with Gasteiger partial charge in [0.05, 0.1) is 7.11 Å². The van der Waals surface area contributed by atoms with Crippen molar-refractivity contribution in [3.63, 3.8) is 0 Å². The van der Waals surface area contributed by atoms with Gasteiger partial charge in [0.2, 0.25) is 0 Å². The smallest absolute Gasteiger partial charge is 0.118 e. The van der Waals surface area contributed by atoms with Crippen LogP contribution in [0.1, 0.15) is 49.9 Å². The maximum absolute atomic E-state index is 5.41. The summed E-state index contributed by atoms with van der Waals surface area (Å²) in [5.74, 6) is 0.877. The van der Waals surface area contributed by atoms with Crippen molar-refractivity contribution >= 4 is 21.5 Å². The fourth-order valence-electron chi connectivity index (χ4n) is 9.95. The Kier molecular flexibility index (Phi) is 7.53. The second-order valence-corrected chi connectivity index (χ2v) is 17.4. The Bertz CT molecular complexity index is 3140. The zero-order chi connectivity index (χ0) is 39.3. The summed E-state index contributed by atoms with van der Waals surface area (Å²) >= 11 is 0. The van der Waals surface area contributed by atoms with Gasteiger partial charge in [0.1, 0.15) is 5.75 Å². The van der Waals surface area contributed by atoms with Crippen LogP contribution in [0.3, 0.4) is 0 Å². The zero-order valence-corrected chi connectivity index (χ0v) is 33.7. The SMILES string of the molecule is COc1ccc(-c2ccc3c(c2)C(C)(C)c2cc(-c4ccc5c(c4)C(C)(C)c4cc(-c6ccc7cc(-c8ccc9ccccc9c8)ccc7c6)ccc4-5)ccc2-3)cc1. The third kappa shape index (κ3) is 5.30. The fourth-order valence-corrected chi connectivity index (χ4v) is 9.95. The molecular weight excluding hydrogens is 701 g/mol. The molecule has 0 saturated carbocycles. The summed E-state index contributed by atoms with van der Waals surface area (Å²) in [6.45, 7) is 9.53. The van der Waals surface area contributed by atoms with Gasteiger partial charge in [0.25, 0.3) is 0 Å². The molecule has 0 N–H and O–H groups in total. The lowest BCUT2D eigenvalue weighted by Gasteiger charge is -2.24.